The minimum atomic E-state index is -1.59. The van der Waals surface area contributed by atoms with Crippen molar-refractivity contribution in [3.63, 3.8) is 0 Å². The van der Waals surface area contributed by atoms with Gasteiger partial charge in [-0.2, -0.15) is 0 Å². The molecule has 1 aromatic rings. The van der Waals surface area contributed by atoms with Gasteiger partial charge in [0.15, 0.2) is 0 Å². The minimum absolute atomic E-state index is 0. The first-order valence-corrected chi connectivity index (χ1v) is 6.70. The molecule has 1 saturated carbocycles. The summed E-state index contributed by atoms with van der Waals surface area (Å²) in [6.45, 7) is 0. The second-order valence-corrected chi connectivity index (χ2v) is 4.60. The lowest BCUT2D eigenvalue weighted by Gasteiger charge is -2.20. The largest absolute Gasteiger partial charge is 0.308 e. The topological polar surface area (TPSA) is 103 Å². The molecule has 1 fully saturated rings. The molecule has 0 aliphatic heterocycles. The van der Waals surface area contributed by atoms with Crippen LogP contribution >= 0.6 is 24.2 Å². The number of nitrogens with zero attached hydrogens (tertiary/aromatic N) is 2. The van der Waals surface area contributed by atoms with E-state index < -0.39 is 34.8 Å². The molecule has 1 aliphatic rings. The van der Waals surface area contributed by atoms with Gasteiger partial charge < -0.3 is 4.57 Å². The number of ketones is 5. The van der Waals surface area contributed by atoms with Crippen LogP contribution in [-0.2, 0) is 24.0 Å². The van der Waals surface area contributed by atoms with E-state index in [1.165, 1.54) is 40.5 Å². The summed E-state index contributed by atoms with van der Waals surface area (Å²) in [5, 5.41) is 1.46. The van der Waals surface area contributed by atoms with Gasteiger partial charge in [-0.05, 0) is 11.7 Å². The smallest absolute Gasteiger partial charge is 0.280 e. The highest BCUT2D eigenvalue weighted by atomic mass is 35.5. The second kappa shape index (κ2) is 6.59. The Kier molecular flexibility index (Phi) is 5.34. The average molecular weight is 329 g/mol. The molecular weight excluding hydrogens is 320 g/mol. The summed E-state index contributed by atoms with van der Waals surface area (Å²) in [5.41, 5.74) is 0.124. The highest BCUT2D eigenvalue weighted by molar-refractivity contribution is 8.01. The van der Waals surface area contributed by atoms with Crippen molar-refractivity contribution in [3.8, 4) is 0 Å². The summed E-state index contributed by atoms with van der Waals surface area (Å²) in [5.74, 6) is -8.43. The monoisotopic (exact) mass is 328 g/mol. The Morgan fingerprint density at radius 3 is 2.14 bits per heavy atom. The van der Waals surface area contributed by atoms with Crippen molar-refractivity contribution in [2.45, 2.75) is 0 Å². The molecule has 0 radical (unpaired) electrons. The van der Waals surface area contributed by atoms with Crippen LogP contribution in [0.3, 0.4) is 0 Å². The van der Waals surface area contributed by atoms with Crippen molar-refractivity contribution >= 4 is 58.8 Å². The average Bonchev–Trinajstić information content (AvgIpc) is 2.96. The molecule has 2 rings (SSSR count). The predicted octanol–water partition coefficient (Wildman–Crippen LogP) is -0.0584. The van der Waals surface area contributed by atoms with E-state index in [9.17, 15) is 24.0 Å². The molecule has 0 unspecified atom stereocenters. The maximum absolute atomic E-state index is 11.9. The number of imidazole rings is 1. The molecule has 1 heterocycles. The van der Waals surface area contributed by atoms with Crippen LogP contribution in [0.1, 0.15) is 0 Å². The van der Waals surface area contributed by atoms with E-state index in [2.05, 4.69) is 4.98 Å². The Morgan fingerprint density at radius 1 is 1.14 bits per heavy atom. The van der Waals surface area contributed by atoms with Crippen molar-refractivity contribution in [2.75, 3.05) is 6.26 Å². The lowest BCUT2D eigenvalue weighted by Crippen LogP contribution is -2.49. The van der Waals surface area contributed by atoms with Gasteiger partial charge in [0.1, 0.15) is 5.92 Å². The molecule has 0 N–H and O–H groups in total. The molecule has 0 saturated heterocycles. The molecular formula is C12H9ClN2O5S. The first-order chi connectivity index (χ1) is 9.49. The number of carbonyl (C=O) groups is 5. The SMILES string of the molecule is CS/C=C(/C1C(=O)C(=O)C(=O)C(=O)C1=O)n1ccnc1.Cl. The van der Waals surface area contributed by atoms with Gasteiger partial charge in [-0.15, -0.1) is 24.2 Å². The molecule has 1 aromatic heterocycles. The molecule has 110 valence electrons. The molecule has 7 nitrogen and oxygen atoms in total. The summed E-state index contributed by atoms with van der Waals surface area (Å²) in [7, 11) is 0. The molecule has 0 aromatic carbocycles. The van der Waals surface area contributed by atoms with Crippen LogP contribution in [-0.4, -0.2) is 44.7 Å². The third-order valence-corrected chi connectivity index (χ3v) is 3.20. The van der Waals surface area contributed by atoms with Crippen LogP contribution in [0.25, 0.3) is 5.70 Å². The minimum Gasteiger partial charge on any atom is -0.308 e. The van der Waals surface area contributed by atoms with Crippen LogP contribution in [0.5, 0.6) is 0 Å². The lowest BCUT2D eigenvalue weighted by atomic mass is 9.82. The van der Waals surface area contributed by atoms with Crippen LogP contribution in [0.4, 0.5) is 0 Å². The lowest BCUT2D eigenvalue weighted by molar-refractivity contribution is -0.156. The van der Waals surface area contributed by atoms with Gasteiger partial charge >= 0.3 is 0 Å². The molecule has 0 atom stereocenters. The molecule has 21 heavy (non-hydrogen) atoms. The zero-order valence-corrected chi connectivity index (χ0v) is 12.3. The van der Waals surface area contributed by atoms with Crippen LogP contribution in [0.2, 0.25) is 0 Å². The summed E-state index contributed by atoms with van der Waals surface area (Å²) < 4.78 is 1.35. The van der Waals surface area contributed by atoms with Gasteiger partial charge in [-0.1, -0.05) is 0 Å². The Morgan fingerprint density at radius 2 is 1.71 bits per heavy atom. The van der Waals surface area contributed by atoms with Gasteiger partial charge in [-0.3, -0.25) is 24.0 Å². The maximum atomic E-state index is 11.9. The van der Waals surface area contributed by atoms with Crippen molar-refractivity contribution in [3.05, 3.63) is 24.1 Å². The number of rotatable bonds is 3. The Balaban J connectivity index is 0.00000220. The number of hydrogen-bond acceptors (Lipinski definition) is 7. The number of hydrogen-bond donors (Lipinski definition) is 0. The van der Waals surface area contributed by atoms with E-state index in [0.29, 0.717) is 0 Å². The Hall–Kier alpha value is -2.06. The van der Waals surface area contributed by atoms with Crippen LogP contribution < -0.4 is 0 Å². The number of halogens is 1. The number of allylic oxidation sites excluding steroid dienone is 1. The Bertz CT molecular complexity index is 635. The zero-order valence-electron chi connectivity index (χ0n) is 10.6. The van der Waals surface area contributed by atoms with Gasteiger partial charge in [0.05, 0.1) is 6.33 Å². The fourth-order valence-corrected chi connectivity index (χ4v) is 2.29. The standard InChI is InChI=1S/C12H8N2O5S.ClH/c1-20-4-6(14-3-2-13-5-14)7-8(15)10(17)12(19)11(18)9(7)16;/h2-5,7H,1H3;1H/b6-4-;. The summed E-state index contributed by atoms with van der Waals surface area (Å²) in [4.78, 5) is 61.6. The van der Waals surface area contributed by atoms with Gasteiger partial charge in [0, 0.05) is 18.1 Å². The highest BCUT2D eigenvalue weighted by Crippen LogP contribution is 2.25. The van der Waals surface area contributed by atoms with Crippen molar-refractivity contribution in [2.24, 2.45) is 5.92 Å². The third-order valence-electron chi connectivity index (χ3n) is 2.72. The van der Waals surface area contributed by atoms with Gasteiger partial charge in [0.2, 0.25) is 11.6 Å². The van der Waals surface area contributed by atoms with E-state index in [1.54, 1.807) is 6.26 Å². The maximum Gasteiger partial charge on any atom is 0.280 e. The van der Waals surface area contributed by atoms with Crippen molar-refractivity contribution in [1.29, 1.82) is 0 Å². The van der Waals surface area contributed by atoms with Gasteiger partial charge in [-0.25, -0.2) is 4.98 Å². The third kappa shape index (κ3) is 2.86. The predicted molar refractivity (Wildman–Crippen MR) is 75.8 cm³/mol. The normalized spacial score (nSPS) is 17.2. The van der Waals surface area contributed by atoms with Crippen molar-refractivity contribution in [1.82, 2.24) is 9.55 Å². The van der Waals surface area contributed by atoms with Gasteiger partial charge in [0.25, 0.3) is 17.3 Å². The van der Waals surface area contributed by atoms with E-state index in [4.69, 9.17) is 0 Å². The summed E-state index contributed by atoms with van der Waals surface area (Å²) in [6.07, 6.45) is 5.90. The number of carbonyl (C=O) groups excluding carboxylic acids is 5. The van der Waals surface area contributed by atoms with E-state index in [-0.39, 0.29) is 18.1 Å². The molecule has 0 amide bonds. The summed E-state index contributed by atoms with van der Waals surface area (Å²) in [6, 6.07) is 0. The second-order valence-electron chi connectivity index (χ2n) is 3.90. The molecule has 1 aliphatic carbocycles. The van der Waals surface area contributed by atoms with Crippen LogP contribution in [0, 0.1) is 5.92 Å². The van der Waals surface area contributed by atoms with E-state index >= 15 is 0 Å². The molecule has 9 heteroatoms. The first kappa shape index (κ1) is 17.0. The fraction of sp³-hybridized carbons (Fsp3) is 0.167. The Labute approximate surface area is 129 Å². The first-order valence-electron chi connectivity index (χ1n) is 5.41. The van der Waals surface area contributed by atoms with E-state index in [1.807, 2.05) is 0 Å². The highest BCUT2D eigenvalue weighted by Gasteiger charge is 2.50. The molecule has 0 bridgehead atoms. The quantitative estimate of drug-likeness (QED) is 0.565. The fourth-order valence-electron chi connectivity index (χ4n) is 1.79. The van der Waals surface area contributed by atoms with E-state index in [0.717, 1.165) is 0 Å². The summed E-state index contributed by atoms with van der Waals surface area (Å²) >= 11 is 1.19. The van der Waals surface area contributed by atoms with Crippen LogP contribution in [0.15, 0.2) is 24.1 Å². The zero-order chi connectivity index (χ0) is 14.9. The number of thioether (sulfide) groups is 1. The van der Waals surface area contributed by atoms with Crippen molar-refractivity contribution < 1.29 is 24.0 Å². The number of aromatic nitrogens is 2. The number of Topliss-reactive ketones (excluding diaryl/α,β-unsaturated/α-hetero) is 5. The molecule has 0 spiro atoms.